The van der Waals surface area contributed by atoms with Gasteiger partial charge in [-0.1, -0.05) is 48.5 Å². The van der Waals surface area contributed by atoms with Crippen LogP contribution in [0.5, 0.6) is 23.0 Å². The summed E-state index contributed by atoms with van der Waals surface area (Å²) in [6.07, 6.45) is 3.79. The molecule has 0 unspecified atom stereocenters. The van der Waals surface area contributed by atoms with Crippen molar-refractivity contribution in [2.24, 2.45) is 23.7 Å². The molecule has 0 saturated carbocycles. The highest BCUT2D eigenvalue weighted by Gasteiger charge is 2.28. The molecule has 8 heteroatoms. The Morgan fingerprint density at radius 1 is 0.385 bits per heavy atom. The van der Waals surface area contributed by atoms with Crippen molar-refractivity contribution in [3.8, 4) is 23.0 Å². The van der Waals surface area contributed by atoms with Gasteiger partial charge in [0, 0.05) is 0 Å². The van der Waals surface area contributed by atoms with Crippen LogP contribution in [-0.2, 0) is 25.7 Å². The fourth-order valence-corrected chi connectivity index (χ4v) is 7.19. The Morgan fingerprint density at radius 3 is 0.885 bits per heavy atom. The lowest BCUT2D eigenvalue weighted by molar-refractivity contribution is 0.0750. The molecule has 0 aliphatic carbocycles. The number of aromatic hydroxyl groups is 4. The van der Waals surface area contributed by atoms with Crippen LogP contribution in [0.2, 0.25) is 0 Å². The summed E-state index contributed by atoms with van der Waals surface area (Å²) in [4.78, 5) is 0. The SMILES string of the molecule is C[C@H](O)CC[C@@H](Cc1cccc(O)c1)[C@H](Cc1cccc(O)c1)[C@H](C)O.C[C@H](O)CC[C@H](Cc1cccc(O)c1)[C@@H](Cc1cccc(O)c1)[C@H](C)O. The van der Waals surface area contributed by atoms with Crippen molar-refractivity contribution in [1.82, 2.24) is 0 Å². The van der Waals surface area contributed by atoms with Gasteiger partial charge in [0.15, 0.2) is 0 Å². The summed E-state index contributed by atoms with van der Waals surface area (Å²) >= 11 is 0. The van der Waals surface area contributed by atoms with E-state index in [1.807, 2.05) is 48.5 Å². The Hall–Kier alpha value is -4.08. The smallest absolute Gasteiger partial charge is 0.115 e. The van der Waals surface area contributed by atoms with E-state index in [-0.39, 0.29) is 46.7 Å². The van der Waals surface area contributed by atoms with Crippen molar-refractivity contribution in [1.29, 1.82) is 0 Å². The molecule has 284 valence electrons. The van der Waals surface area contributed by atoms with Gasteiger partial charge in [-0.15, -0.1) is 0 Å². The molecule has 52 heavy (non-hydrogen) atoms. The number of aliphatic hydroxyl groups is 4. The van der Waals surface area contributed by atoms with E-state index in [0.29, 0.717) is 25.7 Å². The molecule has 0 radical (unpaired) electrons. The fraction of sp³-hybridized carbons (Fsp3) is 0.455. The molecule has 0 aliphatic rings. The molecule has 0 amide bonds. The maximum absolute atomic E-state index is 10.4. The van der Waals surface area contributed by atoms with Crippen molar-refractivity contribution >= 4 is 0 Å². The molecule has 4 aromatic carbocycles. The van der Waals surface area contributed by atoms with E-state index < -0.39 is 24.4 Å². The van der Waals surface area contributed by atoms with Crippen LogP contribution >= 0.6 is 0 Å². The summed E-state index contributed by atoms with van der Waals surface area (Å²) in [5, 5.41) is 79.2. The lowest BCUT2D eigenvalue weighted by Gasteiger charge is -2.30. The highest BCUT2D eigenvalue weighted by atomic mass is 16.3. The molecule has 0 saturated heterocycles. The summed E-state index contributed by atoms with van der Waals surface area (Å²) in [6.45, 7) is 7.15. The lowest BCUT2D eigenvalue weighted by atomic mass is 9.77. The summed E-state index contributed by atoms with van der Waals surface area (Å²) < 4.78 is 0. The molecular weight excluding hydrogens is 656 g/mol. The first-order chi connectivity index (χ1) is 24.7. The van der Waals surface area contributed by atoms with Gasteiger partial charge in [-0.05, 0) is 174 Å². The van der Waals surface area contributed by atoms with Crippen molar-refractivity contribution in [3.63, 3.8) is 0 Å². The van der Waals surface area contributed by atoms with E-state index in [0.717, 1.165) is 47.9 Å². The Labute approximate surface area is 309 Å². The normalized spacial score (nSPS) is 16.0. The van der Waals surface area contributed by atoms with E-state index in [4.69, 9.17) is 0 Å². The molecular formula is C44H60O8. The fourth-order valence-electron chi connectivity index (χ4n) is 7.19. The number of benzene rings is 4. The third kappa shape index (κ3) is 15.3. The standard InChI is InChI=1S/2C22H30O4/c2*1-15(23)9-10-19(11-17-5-3-7-20(25)12-17)22(16(2)24)14-18-6-4-8-21(26)13-18/h2*3-8,12-13,15-16,19,22-26H,9-11,14H2,1-2H3/t15-,16-,19+,22-;15-,16-,19-,22+/m00/s1. The Bertz CT molecular complexity index is 1480. The zero-order valence-electron chi connectivity index (χ0n) is 31.1. The average molecular weight is 717 g/mol. The van der Waals surface area contributed by atoms with Gasteiger partial charge < -0.3 is 40.9 Å². The van der Waals surface area contributed by atoms with Crippen molar-refractivity contribution in [2.75, 3.05) is 0 Å². The molecule has 0 fully saturated rings. The number of hydrogen-bond acceptors (Lipinski definition) is 8. The maximum Gasteiger partial charge on any atom is 0.115 e. The first-order valence-corrected chi connectivity index (χ1v) is 18.5. The van der Waals surface area contributed by atoms with Crippen LogP contribution in [0.15, 0.2) is 97.1 Å². The van der Waals surface area contributed by atoms with Gasteiger partial charge in [0.05, 0.1) is 24.4 Å². The van der Waals surface area contributed by atoms with Crippen molar-refractivity contribution in [3.05, 3.63) is 119 Å². The zero-order chi connectivity index (χ0) is 38.2. The predicted molar refractivity (Wildman–Crippen MR) is 206 cm³/mol. The lowest BCUT2D eigenvalue weighted by Crippen LogP contribution is -2.30. The molecule has 8 atom stereocenters. The molecule has 8 N–H and O–H groups in total. The van der Waals surface area contributed by atoms with E-state index in [1.165, 1.54) is 0 Å². The summed E-state index contributed by atoms with van der Waals surface area (Å²) in [5.41, 5.74) is 3.99. The number of phenols is 4. The third-order valence-electron chi connectivity index (χ3n) is 9.94. The Morgan fingerprint density at radius 2 is 0.654 bits per heavy atom. The van der Waals surface area contributed by atoms with Gasteiger partial charge in [0.25, 0.3) is 0 Å². The van der Waals surface area contributed by atoms with Gasteiger partial charge >= 0.3 is 0 Å². The Kier molecular flexibility index (Phi) is 17.5. The highest BCUT2D eigenvalue weighted by molar-refractivity contribution is 5.30. The zero-order valence-corrected chi connectivity index (χ0v) is 31.1. The van der Waals surface area contributed by atoms with Crippen LogP contribution in [0, 0.1) is 23.7 Å². The van der Waals surface area contributed by atoms with Gasteiger partial charge in [-0.25, -0.2) is 0 Å². The molecule has 8 nitrogen and oxygen atoms in total. The topological polar surface area (TPSA) is 162 Å². The summed E-state index contributed by atoms with van der Waals surface area (Å²) in [5.74, 6) is 1.18. The first-order valence-electron chi connectivity index (χ1n) is 18.5. The minimum atomic E-state index is -0.520. The third-order valence-corrected chi connectivity index (χ3v) is 9.94. The molecule has 0 aliphatic heterocycles. The predicted octanol–water partition coefficient (Wildman–Crippen LogP) is 7.31. The van der Waals surface area contributed by atoms with E-state index >= 15 is 0 Å². The quantitative estimate of drug-likeness (QED) is 0.0532. The molecule has 4 aromatic rings. The molecule has 4 rings (SSSR count). The number of rotatable bonds is 18. The maximum atomic E-state index is 10.4. The number of hydrogen-bond donors (Lipinski definition) is 8. The molecule has 0 aromatic heterocycles. The summed E-state index contributed by atoms with van der Waals surface area (Å²) in [6, 6.07) is 28.7. The van der Waals surface area contributed by atoms with Gasteiger partial charge in [-0.3, -0.25) is 0 Å². The second kappa shape index (κ2) is 21.4. The van der Waals surface area contributed by atoms with Gasteiger partial charge in [-0.2, -0.15) is 0 Å². The average Bonchev–Trinajstić information content (AvgIpc) is 3.06. The van der Waals surface area contributed by atoms with E-state index in [9.17, 15) is 40.9 Å². The monoisotopic (exact) mass is 716 g/mol. The second-order valence-electron chi connectivity index (χ2n) is 14.7. The van der Waals surface area contributed by atoms with E-state index in [1.54, 1.807) is 76.2 Å². The molecule has 0 bridgehead atoms. The van der Waals surface area contributed by atoms with Crippen LogP contribution in [0.3, 0.4) is 0 Å². The minimum Gasteiger partial charge on any atom is -0.508 e. The molecule has 0 heterocycles. The van der Waals surface area contributed by atoms with Crippen LogP contribution in [0.25, 0.3) is 0 Å². The highest BCUT2D eigenvalue weighted by Crippen LogP contribution is 2.32. The van der Waals surface area contributed by atoms with Crippen LogP contribution in [0.4, 0.5) is 0 Å². The van der Waals surface area contributed by atoms with Gasteiger partial charge in [0.2, 0.25) is 0 Å². The van der Waals surface area contributed by atoms with Crippen LogP contribution in [-0.4, -0.2) is 65.3 Å². The van der Waals surface area contributed by atoms with Crippen LogP contribution in [0.1, 0.15) is 75.6 Å². The van der Waals surface area contributed by atoms with Gasteiger partial charge in [0.1, 0.15) is 23.0 Å². The van der Waals surface area contributed by atoms with Crippen molar-refractivity contribution < 1.29 is 40.9 Å². The summed E-state index contributed by atoms with van der Waals surface area (Å²) in [7, 11) is 0. The second-order valence-corrected chi connectivity index (χ2v) is 14.7. The van der Waals surface area contributed by atoms with Crippen molar-refractivity contribution in [2.45, 2.75) is 103 Å². The largest absolute Gasteiger partial charge is 0.508 e. The molecule has 0 spiro atoms. The van der Waals surface area contributed by atoms with E-state index in [2.05, 4.69) is 0 Å². The van der Waals surface area contributed by atoms with Crippen LogP contribution < -0.4 is 0 Å². The first kappa shape index (κ1) is 42.3. The Balaban J connectivity index is 0.000000280. The number of phenolic OH excluding ortho intramolecular Hbond substituents is 4. The minimum absolute atomic E-state index is 0.0158. The number of aliphatic hydroxyl groups excluding tert-OH is 4.